The van der Waals surface area contributed by atoms with Crippen molar-refractivity contribution in [3.63, 3.8) is 0 Å². The Morgan fingerprint density at radius 2 is 0.698 bits per heavy atom. The smallest absolute Gasteiger partial charge is 0.276 e. The van der Waals surface area contributed by atoms with Gasteiger partial charge in [0.15, 0.2) is 9.81 Å². The summed E-state index contributed by atoms with van der Waals surface area (Å²) in [7, 11) is -4.79. The third-order valence-corrected chi connectivity index (χ3v) is 7.75. The van der Waals surface area contributed by atoms with Crippen molar-refractivity contribution in [3.8, 4) is 0 Å². The molecule has 4 rings (SSSR count). The lowest BCUT2D eigenvalue weighted by molar-refractivity contribution is -0.114. The molecule has 0 aromatic heterocycles. The third-order valence-electron chi connectivity index (χ3n) is 6.12. The molecular formula is C36H32N2O4S. The van der Waals surface area contributed by atoms with E-state index in [1.54, 1.807) is 149 Å². The van der Waals surface area contributed by atoms with Crippen LogP contribution >= 0.6 is 0 Å². The topological polar surface area (TPSA) is 74.8 Å². The molecule has 0 saturated carbocycles. The second kappa shape index (κ2) is 13.6. The largest absolute Gasteiger partial charge is 0.282 e. The lowest BCUT2D eigenvalue weighted by atomic mass is 10.2. The van der Waals surface area contributed by atoms with Gasteiger partial charge in [-0.05, 0) is 87.4 Å². The van der Waals surface area contributed by atoms with Crippen molar-refractivity contribution in [3.05, 3.63) is 154 Å². The van der Waals surface area contributed by atoms with Crippen molar-refractivity contribution in [2.24, 2.45) is 0 Å². The molecule has 43 heavy (non-hydrogen) atoms. The highest BCUT2D eigenvalue weighted by atomic mass is 32.2. The summed E-state index contributed by atoms with van der Waals surface area (Å²) in [5.74, 6) is -1.71. The molecule has 0 N–H and O–H groups in total. The summed E-state index contributed by atoms with van der Waals surface area (Å²) >= 11 is 0. The Morgan fingerprint density at radius 1 is 0.465 bits per heavy atom. The number of hydrogen-bond acceptors (Lipinski definition) is 4. The minimum absolute atomic E-state index is 0.444. The van der Waals surface area contributed by atoms with Gasteiger partial charge in [-0.3, -0.25) is 19.4 Å². The molecule has 4 aromatic rings. The Bertz CT molecular complexity index is 1630. The highest BCUT2D eigenvalue weighted by molar-refractivity contribution is 8.00. The van der Waals surface area contributed by atoms with Crippen LogP contribution in [0.25, 0.3) is 0 Å². The molecule has 216 valence electrons. The monoisotopic (exact) mass is 588 g/mol. The second-order valence-corrected chi connectivity index (χ2v) is 11.9. The maximum Gasteiger partial charge on any atom is 0.282 e. The zero-order valence-electron chi connectivity index (χ0n) is 24.5. The van der Waals surface area contributed by atoms with E-state index in [1.807, 2.05) is 0 Å². The van der Waals surface area contributed by atoms with E-state index >= 15 is 0 Å². The van der Waals surface area contributed by atoms with Crippen LogP contribution in [0.2, 0.25) is 0 Å². The maximum absolute atomic E-state index is 14.6. The number of carbonyl (C=O) groups is 2. The Hall–Kier alpha value is -5.19. The van der Waals surface area contributed by atoms with Gasteiger partial charge in [-0.15, -0.1) is 0 Å². The average Bonchev–Trinajstić information content (AvgIpc) is 3.00. The first kappa shape index (κ1) is 30.8. The minimum Gasteiger partial charge on any atom is -0.276 e. The molecule has 7 heteroatoms. The second-order valence-electron chi connectivity index (χ2n) is 10.0. The van der Waals surface area contributed by atoms with E-state index < -0.39 is 31.5 Å². The van der Waals surface area contributed by atoms with Gasteiger partial charge in [-0.25, -0.2) is 8.42 Å². The van der Waals surface area contributed by atoms with E-state index in [0.29, 0.717) is 33.9 Å². The normalized spacial score (nSPS) is 10.5. The van der Waals surface area contributed by atoms with Gasteiger partial charge in [0.25, 0.3) is 11.8 Å². The molecule has 0 radical (unpaired) electrons. The SMILES string of the molecule is CC(C)=C=C(C(=O)N(c1ccccc1)c1ccccc1)S(=O)(=O)C(=C=C(C)C)C(=O)N(c1ccccc1)c1ccccc1. The number of carbonyl (C=O) groups excluding carboxylic acids is 2. The van der Waals surface area contributed by atoms with E-state index in [1.165, 1.54) is 9.80 Å². The standard InChI is InChI=1S/C36H32N2O4S/c1-27(2)25-33(35(39)37(29-17-9-5-10-18-29)30-19-11-6-12-20-30)43(41,42)34(26-28(3)4)36(40)38(31-21-13-7-14-22-31)32-23-15-8-16-24-32/h5-24H,1-4H3. The lowest BCUT2D eigenvalue weighted by Gasteiger charge is -2.26. The molecular weight excluding hydrogens is 556 g/mol. The van der Waals surface area contributed by atoms with Crippen molar-refractivity contribution < 1.29 is 18.0 Å². The van der Waals surface area contributed by atoms with Crippen LogP contribution in [0, 0.1) is 0 Å². The van der Waals surface area contributed by atoms with Gasteiger partial charge < -0.3 is 0 Å². The number of benzene rings is 4. The molecule has 0 bridgehead atoms. The fraction of sp³-hybridized carbons (Fsp3) is 0.111. The number of anilines is 4. The van der Waals surface area contributed by atoms with Crippen molar-refractivity contribution in [1.29, 1.82) is 0 Å². The summed E-state index contributed by atoms with van der Waals surface area (Å²) in [6.45, 7) is 6.57. The van der Waals surface area contributed by atoms with Crippen LogP contribution in [0.5, 0.6) is 0 Å². The first-order valence-corrected chi connectivity index (χ1v) is 15.1. The van der Waals surface area contributed by atoms with Crippen molar-refractivity contribution in [2.45, 2.75) is 27.7 Å². The van der Waals surface area contributed by atoms with Gasteiger partial charge in [0, 0.05) is 22.7 Å². The number of nitrogens with zero attached hydrogens (tertiary/aromatic N) is 2. The van der Waals surface area contributed by atoms with Gasteiger partial charge >= 0.3 is 0 Å². The van der Waals surface area contributed by atoms with Crippen molar-refractivity contribution in [1.82, 2.24) is 0 Å². The molecule has 0 atom stereocenters. The summed E-state index contributed by atoms with van der Waals surface area (Å²) in [6, 6.07) is 34.9. The molecule has 0 heterocycles. The highest BCUT2D eigenvalue weighted by Crippen LogP contribution is 2.33. The van der Waals surface area contributed by atoms with E-state index in [2.05, 4.69) is 11.5 Å². The fourth-order valence-corrected chi connectivity index (χ4v) is 5.83. The maximum atomic E-state index is 14.6. The zero-order valence-corrected chi connectivity index (χ0v) is 25.3. The van der Waals surface area contributed by atoms with Crippen LogP contribution in [-0.2, 0) is 19.4 Å². The summed E-state index contributed by atoms with van der Waals surface area (Å²) in [4.78, 5) is 30.1. The van der Waals surface area contributed by atoms with Crippen LogP contribution in [0.1, 0.15) is 27.7 Å². The van der Waals surface area contributed by atoms with Crippen LogP contribution in [0.15, 0.2) is 154 Å². The molecule has 2 amide bonds. The predicted octanol–water partition coefficient (Wildman–Crippen LogP) is 8.03. The molecule has 0 fully saturated rings. The number of sulfone groups is 1. The molecule has 0 aliphatic carbocycles. The Kier molecular flexibility index (Phi) is 9.76. The molecule has 0 unspecified atom stereocenters. The Labute approximate surface area is 253 Å². The molecule has 0 aliphatic heterocycles. The first-order chi connectivity index (χ1) is 20.6. The number of hydrogen-bond donors (Lipinski definition) is 0. The summed E-state index contributed by atoms with van der Waals surface area (Å²) in [5.41, 5.74) is 8.27. The highest BCUT2D eigenvalue weighted by Gasteiger charge is 2.39. The zero-order chi connectivity index (χ0) is 31.0. The molecule has 0 saturated heterocycles. The van der Waals surface area contributed by atoms with E-state index in [9.17, 15) is 18.0 Å². The molecule has 0 aliphatic rings. The Balaban J connectivity index is 1.96. The van der Waals surface area contributed by atoms with Crippen LogP contribution in [0.3, 0.4) is 0 Å². The van der Waals surface area contributed by atoms with Crippen LogP contribution < -0.4 is 9.80 Å². The molecule has 6 nitrogen and oxygen atoms in total. The first-order valence-electron chi connectivity index (χ1n) is 13.6. The van der Waals surface area contributed by atoms with Crippen LogP contribution in [0.4, 0.5) is 22.7 Å². The number of para-hydroxylation sites is 4. The average molecular weight is 589 g/mol. The van der Waals surface area contributed by atoms with E-state index in [0.717, 1.165) is 0 Å². The van der Waals surface area contributed by atoms with Gasteiger partial charge in [-0.2, -0.15) is 0 Å². The summed E-state index contributed by atoms with van der Waals surface area (Å²) in [5, 5.41) is 0. The Morgan fingerprint density at radius 3 is 0.907 bits per heavy atom. The molecule has 4 aromatic carbocycles. The van der Waals surface area contributed by atoms with E-state index in [4.69, 9.17) is 0 Å². The van der Waals surface area contributed by atoms with Gasteiger partial charge in [-0.1, -0.05) is 84.3 Å². The van der Waals surface area contributed by atoms with Gasteiger partial charge in [0.05, 0.1) is 0 Å². The fourth-order valence-electron chi connectivity index (χ4n) is 4.31. The van der Waals surface area contributed by atoms with Crippen molar-refractivity contribution in [2.75, 3.05) is 9.80 Å². The number of amides is 2. The van der Waals surface area contributed by atoms with Gasteiger partial charge in [0.1, 0.15) is 0 Å². The van der Waals surface area contributed by atoms with Crippen molar-refractivity contribution >= 4 is 44.4 Å². The van der Waals surface area contributed by atoms with Crippen LogP contribution in [-0.4, -0.2) is 20.2 Å². The summed E-state index contributed by atoms with van der Waals surface area (Å²) < 4.78 is 29.2. The quantitative estimate of drug-likeness (QED) is 0.154. The predicted molar refractivity (Wildman–Crippen MR) is 173 cm³/mol. The van der Waals surface area contributed by atoms with Gasteiger partial charge in [0.2, 0.25) is 9.84 Å². The lowest BCUT2D eigenvalue weighted by Crippen LogP contribution is -2.35. The van der Waals surface area contributed by atoms with E-state index in [-0.39, 0.29) is 0 Å². The number of rotatable bonds is 8. The molecule has 0 spiro atoms. The third kappa shape index (κ3) is 7.18. The summed E-state index contributed by atoms with van der Waals surface area (Å²) in [6.07, 6.45) is 0. The minimum atomic E-state index is -4.79.